The molecule has 0 spiro atoms. The topological polar surface area (TPSA) is 89.9 Å². The highest BCUT2D eigenvalue weighted by Gasteiger charge is 2.31. The van der Waals surface area contributed by atoms with Gasteiger partial charge in [0.1, 0.15) is 0 Å². The summed E-state index contributed by atoms with van der Waals surface area (Å²) < 4.78 is 43.5. The van der Waals surface area contributed by atoms with Crippen LogP contribution in [0, 0.1) is 5.92 Å². The first-order valence-corrected chi connectivity index (χ1v) is 8.12. The SMILES string of the molecule is CC(C)COP(=O)(O)OS(=O)(=O)c1ccccc1. The minimum Gasteiger partial charge on any atom is -0.302 e. The molecular formula is C10H15O6PS. The highest BCUT2D eigenvalue weighted by Crippen LogP contribution is 2.46. The van der Waals surface area contributed by atoms with Gasteiger partial charge in [-0.15, -0.1) is 0 Å². The fourth-order valence-electron chi connectivity index (χ4n) is 1.02. The van der Waals surface area contributed by atoms with E-state index in [1.54, 1.807) is 19.9 Å². The van der Waals surface area contributed by atoms with Gasteiger partial charge in [-0.1, -0.05) is 32.0 Å². The molecule has 102 valence electrons. The maximum absolute atomic E-state index is 11.7. The molecular weight excluding hydrogens is 279 g/mol. The average Bonchev–Trinajstić information content (AvgIpc) is 2.26. The third-order valence-electron chi connectivity index (χ3n) is 1.80. The van der Waals surface area contributed by atoms with Crippen molar-refractivity contribution in [2.45, 2.75) is 18.7 Å². The van der Waals surface area contributed by atoms with Gasteiger partial charge in [0.2, 0.25) is 0 Å². The maximum atomic E-state index is 11.7. The van der Waals surface area contributed by atoms with Crippen molar-refractivity contribution in [3.8, 4) is 0 Å². The van der Waals surface area contributed by atoms with Crippen molar-refractivity contribution in [1.82, 2.24) is 0 Å². The first-order valence-electron chi connectivity index (χ1n) is 5.21. The number of phosphoric acid groups is 1. The normalized spacial score (nSPS) is 15.6. The van der Waals surface area contributed by atoms with E-state index in [2.05, 4.69) is 8.49 Å². The Labute approximate surface area is 106 Å². The van der Waals surface area contributed by atoms with Gasteiger partial charge in [0.25, 0.3) is 0 Å². The predicted molar refractivity (Wildman–Crippen MR) is 65.3 cm³/mol. The van der Waals surface area contributed by atoms with E-state index in [1.165, 1.54) is 24.3 Å². The molecule has 0 fully saturated rings. The van der Waals surface area contributed by atoms with Gasteiger partial charge < -0.3 is 4.89 Å². The van der Waals surface area contributed by atoms with Crippen LogP contribution in [0.5, 0.6) is 0 Å². The third kappa shape index (κ3) is 4.88. The second-order valence-corrected chi connectivity index (χ2v) is 7.17. The zero-order valence-corrected chi connectivity index (χ0v) is 11.7. The number of phosphoric ester groups is 1. The van der Waals surface area contributed by atoms with Gasteiger partial charge in [-0.2, -0.15) is 12.4 Å². The first kappa shape index (κ1) is 15.3. The van der Waals surface area contributed by atoms with Gasteiger partial charge in [0.15, 0.2) is 0 Å². The van der Waals surface area contributed by atoms with Crippen molar-refractivity contribution in [1.29, 1.82) is 0 Å². The van der Waals surface area contributed by atoms with Crippen LogP contribution in [-0.4, -0.2) is 19.9 Å². The number of hydrogen-bond donors (Lipinski definition) is 1. The van der Waals surface area contributed by atoms with E-state index in [0.717, 1.165) is 0 Å². The van der Waals surface area contributed by atoms with Crippen molar-refractivity contribution in [3.63, 3.8) is 0 Å². The molecule has 6 nitrogen and oxygen atoms in total. The van der Waals surface area contributed by atoms with Crippen molar-refractivity contribution in [2.75, 3.05) is 6.61 Å². The summed E-state index contributed by atoms with van der Waals surface area (Å²) in [6.07, 6.45) is 0. The van der Waals surface area contributed by atoms with E-state index in [-0.39, 0.29) is 17.4 Å². The summed E-state index contributed by atoms with van der Waals surface area (Å²) >= 11 is 0. The van der Waals surface area contributed by atoms with E-state index in [4.69, 9.17) is 0 Å². The molecule has 0 aliphatic carbocycles. The first-order chi connectivity index (χ1) is 8.23. The Morgan fingerprint density at radius 3 is 2.33 bits per heavy atom. The summed E-state index contributed by atoms with van der Waals surface area (Å²) in [7, 11) is -8.93. The molecule has 1 atom stereocenters. The quantitative estimate of drug-likeness (QED) is 0.809. The van der Waals surface area contributed by atoms with Crippen LogP contribution in [0.1, 0.15) is 13.8 Å². The number of hydrogen-bond acceptors (Lipinski definition) is 5. The lowest BCUT2D eigenvalue weighted by Gasteiger charge is -2.13. The summed E-state index contributed by atoms with van der Waals surface area (Å²) in [6.45, 7) is 3.44. The van der Waals surface area contributed by atoms with E-state index in [0.29, 0.717) is 0 Å². The fourth-order valence-corrected chi connectivity index (χ4v) is 3.50. The Bertz CT molecular complexity index is 525. The molecule has 0 aliphatic heterocycles. The molecule has 1 N–H and O–H groups in total. The summed E-state index contributed by atoms with van der Waals surface area (Å²) in [5.74, 6) is -0.0199. The van der Waals surface area contributed by atoms with Crippen molar-refractivity contribution < 1.29 is 26.4 Å². The lowest BCUT2D eigenvalue weighted by molar-refractivity contribution is 0.185. The molecule has 0 aromatic heterocycles. The van der Waals surface area contributed by atoms with Gasteiger partial charge in [-0.3, -0.25) is 4.52 Å². The van der Waals surface area contributed by atoms with E-state index >= 15 is 0 Å². The highest BCUT2D eigenvalue weighted by molar-refractivity contribution is 7.90. The standard InChI is InChI=1S/C10H15O6PS/c1-9(2)8-15-17(11,12)16-18(13,14)10-6-4-3-5-7-10/h3-7,9H,8H2,1-2H3,(H,11,12). The molecule has 18 heavy (non-hydrogen) atoms. The van der Waals surface area contributed by atoms with E-state index in [9.17, 15) is 17.9 Å². The average molecular weight is 294 g/mol. The summed E-state index contributed by atoms with van der Waals surface area (Å²) in [6, 6.07) is 7.10. The van der Waals surface area contributed by atoms with E-state index < -0.39 is 17.9 Å². The van der Waals surface area contributed by atoms with Crippen molar-refractivity contribution in [3.05, 3.63) is 30.3 Å². The fraction of sp³-hybridized carbons (Fsp3) is 0.400. The summed E-state index contributed by atoms with van der Waals surface area (Å²) in [5, 5.41) is 0. The molecule has 0 saturated carbocycles. The Morgan fingerprint density at radius 1 is 1.28 bits per heavy atom. The van der Waals surface area contributed by atoms with Crippen molar-refractivity contribution in [2.24, 2.45) is 5.92 Å². The molecule has 0 aliphatic rings. The second kappa shape index (κ2) is 5.95. The Kier molecular flexibility index (Phi) is 5.07. The van der Waals surface area contributed by atoms with Crippen LogP contribution in [-0.2, 0) is 23.2 Å². The van der Waals surface area contributed by atoms with Crippen LogP contribution in [0.2, 0.25) is 0 Å². The van der Waals surface area contributed by atoms with Gasteiger partial charge in [0, 0.05) is 0 Å². The molecule has 0 heterocycles. The summed E-state index contributed by atoms with van der Waals surface area (Å²) in [5.41, 5.74) is 0. The molecule has 1 aromatic rings. The molecule has 1 unspecified atom stereocenters. The molecule has 0 radical (unpaired) electrons. The van der Waals surface area contributed by atoms with Gasteiger partial charge in [-0.25, -0.2) is 4.57 Å². The van der Waals surface area contributed by atoms with Crippen LogP contribution in [0.3, 0.4) is 0 Å². The zero-order valence-electron chi connectivity index (χ0n) is 10.0. The minimum absolute atomic E-state index is 0.0199. The Hall–Kier alpha value is -0.720. The van der Waals surface area contributed by atoms with Crippen LogP contribution in [0.4, 0.5) is 0 Å². The van der Waals surface area contributed by atoms with Crippen LogP contribution in [0.25, 0.3) is 0 Å². The number of rotatable bonds is 6. The predicted octanol–water partition coefficient (Wildman–Crippen LogP) is 2.16. The molecule has 0 amide bonds. The third-order valence-corrected chi connectivity index (χ3v) is 4.66. The lowest BCUT2D eigenvalue weighted by Crippen LogP contribution is -2.08. The zero-order chi connectivity index (χ0) is 13.8. The minimum atomic E-state index is -4.62. The maximum Gasteiger partial charge on any atom is 0.487 e. The van der Waals surface area contributed by atoms with Crippen LogP contribution in [0.15, 0.2) is 35.2 Å². The van der Waals surface area contributed by atoms with Gasteiger partial charge >= 0.3 is 17.9 Å². The Balaban J connectivity index is 2.80. The second-order valence-electron chi connectivity index (χ2n) is 4.00. The molecule has 1 rings (SSSR count). The Morgan fingerprint density at radius 2 is 1.83 bits per heavy atom. The lowest BCUT2D eigenvalue weighted by atomic mass is 10.2. The monoisotopic (exact) mass is 294 g/mol. The summed E-state index contributed by atoms with van der Waals surface area (Å²) in [4.78, 5) is 9.09. The smallest absolute Gasteiger partial charge is 0.302 e. The van der Waals surface area contributed by atoms with Crippen LogP contribution >= 0.6 is 7.82 Å². The highest BCUT2D eigenvalue weighted by atomic mass is 32.2. The van der Waals surface area contributed by atoms with E-state index in [1.807, 2.05) is 0 Å². The molecule has 8 heteroatoms. The molecule has 0 bridgehead atoms. The molecule has 0 saturated heterocycles. The van der Waals surface area contributed by atoms with Crippen LogP contribution < -0.4 is 0 Å². The van der Waals surface area contributed by atoms with Crippen molar-refractivity contribution >= 4 is 17.9 Å². The van der Waals surface area contributed by atoms with Gasteiger partial charge in [0.05, 0.1) is 11.5 Å². The largest absolute Gasteiger partial charge is 0.487 e. The molecule has 1 aromatic carbocycles. The number of benzene rings is 1. The van der Waals surface area contributed by atoms with Gasteiger partial charge in [-0.05, 0) is 18.1 Å².